The van der Waals surface area contributed by atoms with Gasteiger partial charge in [-0.05, 0) is 25.3 Å². The minimum atomic E-state index is 0.0638. The summed E-state index contributed by atoms with van der Waals surface area (Å²) in [4.78, 5) is 16.3. The van der Waals surface area contributed by atoms with Crippen molar-refractivity contribution in [1.82, 2.24) is 10.1 Å². The summed E-state index contributed by atoms with van der Waals surface area (Å²) in [5.41, 5.74) is 2.10. The van der Waals surface area contributed by atoms with Crippen LogP contribution in [0.5, 0.6) is 0 Å². The van der Waals surface area contributed by atoms with Crippen LogP contribution in [0.25, 0.3) is 11.4 Å². The van der Waals surface area contributed by atoms with Gasteiger partial charge in [0.05, 0.1) is 0 Å². The van der Waals surface area contributed by atoms with Crippen LogP contribution < -0.4 is 0 Å². The summed E-state index contributed by atoms with van der Waals surface area (Å²) >= 11 is 0. The number of rotatable bonds is 3. The Bertz CT molecular complexity index is 618. The normalized spacial score (nSPS) is 19.2. The molecule has 1 saturated carbocycles. The predicted octanol–water partition coefficient (Wildman–Crippen LogP) is 3.35. The number of hydrogen-bond acceptors (Lipinski definition) is 4. The molecular formula is C16H18N2O2. The molecule has 1 aromatic carbocycles. The number of hydrogen-bond donors (Lipinski definition) is 0. The minimum absolute atomic E-state index is 0.0638. The zero-order valence-corrected chi connectivity index (χ0v) is 11.6. The number of nitrogens with zero attached hydrogens (tertiary/aromatic N) is 2. The maximum atomic E-state index is 11.8. The van der Waals surface area contributed by atoms with Gasteiger partial charge in [-0.1, -0.05) is 35.8 Å². The Morgan fingerprint density at radius 2 is 2.15 bits per heavy atom. The third-order valence-electron chi connectivity index (χ3n) is 3.96. The Morgan fingerprint density at radius 3 is 2.95 bits per heavy atom. The molecule has 104 valence electrons. The lowest BCUT2D eigenvalue weighted by atomic mass is 9.86. The molecule has 0 N–H and O–H groups in total. The van der Waals surface area contributed by atoms with Gasteiger partial charge in [0.1, 0.15) is 5.78 Å². The second-order valence-corrected chi connectivity index (χ2v) is 5.44. The lowest BCUT2D eigenvalue weighted by molar-refractivity contribution is -0.124. The van der Waals surface area contributed by atoms with E-state index in [2.05, 4.69) is 10.1 Å². The first kappa shape index (κ1) is 13.0. The third kappa shape index (κ3) is 2.64. The molecule has 1 atom stereocenters. The average Bonchev–Trinajstić information content (AvgIpc) is 2.90. The standard InChI is InChI=1S/C16H18N2O2/c1-11-6-2-4-8-13(11)16-17-15(20-18-16)10-12-7-3-5-9-14(12)19/h2,4,6,8,12H,3,5,7,9-10H2,1H3. The first-order chi connectivity index (χ1) is 9.74. The number of Topliss-reactive ketones (excluding diaryl/α,β-unsaturated/α-hetero) is 1. The van der Waals surface area contributed by atoms with Gasteiger partial charge in [-0.25, -0.2) is 0 Å². The predicted molar refractivity (Wildman–Crippen MR) is 75.1 cm³/mol. The monoisotopic (exact) mass is 270 g/mol. The second kappa shape index (κ2) is 5.57. The van der Waals surface area contributed by atoms with Crippen LogP contribution >= 0.6 is 0 Å². The molecule has 0 aliphatic heterocycles. The van der Waals surface area contributed by atoms with Crippen molar-refractivity contribution < 1.29 is 9.32 Å². The van der Waals surface area contributed by atoms with Gasteiger partial charge in [-0.3, -0.25) is 4.79 Å². The van der Waals surface area contributed by atoms with Gasteiger partial charge in [-0.15, -0.1) is 0 Å². The Labute approximate surface area is 118 Å². The van der Waals surface area contributed by atoms with Crippen molar-refractivity contribution in [1.29, 1.82) is 0 Å². The zero-order chi connectivity index (χ0) is 13.9. The fourth-order valence-electron chi connectivity index (χ4n) is 2.75. The molecule has 20 heavy (non-hydrogen) atoms. The highest BCUT2D eigenvalue weighted by Gasteiger charge is 2.24. The lowest BCUT2D eigenvalue weighted by Crippen LogP contribution is -2.21. The lowest BCUT2D eigenvalue weighted by Gasteiger charge is -2.18. The van der Waals surface area contributed by atoms with Crippen LogP contribution in [0.4, 0.5) is 0 Å². The van der Waals surface area contributed by atoms with E-state index >= 15 is 0 Å². The summed E-state index contributed by atoms with van der Waals surface area (Å²) in [5.74, 6) is 1.59. The topological polar surface area (TPSA) is 56.0 Å². The van der Waals surface area contributed by atoms with Crippen LogP contribution in [0.15, 0.2) is 28.8 Å². The van der Waals surface area contributed by atoms with E-state index in [0.29, 0.717) is 30.3 Å². The molecule has 1 unspecified atom stereocenters. The average molecular weight is 270 g/mol. The Kier molecular flexibility index (Phi) is 3.63. The molecule has 0 bridgehead atoms. The molecule has 0 amide bonds. The van der Waals surface area contributed by atoms with Gasteiger partial charge in [-0.2, -0.15) is 4.98 Å². The first-order valence-corrected chi connectivity index (χ1v) is 7.15. The SMILES string of the molecule is Cc1ccccc1-c1noc(CC2CCCCC2=O)n1. The Balaban J connectivity index is 1.77. The van der Waals surface area contributed by atoms with Gasteiger partial charge in [0.15, 0.2) is 0 Å². The number of carbonyl (C=O) groups is 1. The van der Waals surface area contributed by atoms with Crippen molar-refractivity contribution in [3.63, 3.8) is 0 Å². The largest absolute Gasteiger partial charge is 0.339 e. The fourth-order valence-corrected chi connectivity index (χ4v) is 2.75. The summed E-state index contributed by atoms with van der Waals surface area (Å²) in [5, 5.41) is 4.04. The van der Waals surface area contributed by atoms with Crippen molar-refractivity contribution in [2.24, 2.45) is 5.92 Å². The summed E-state index contributed by atoms with van der Waals surface area (Å²) in [6.45, 7) is 2.02. The van der Waals surface area contributed by atoms with Gasteiger partial charge in [0, 0.05) is 24.3 Å². The summed E-state index contributed by atoms with van der Waals surface area (Å²) < 4.78 is 5.31. The summed E-state index contributed by atoms with van der Waals surface area (Å²) in [7, 11) is 0. The van der Waals surface area contributed by atoms with Gasteiger partial charge >= 0.3 is 0 Å². The molecule has 0 radical (unpaired) electrons. The number of benzene rings is 1. The van der Waals surface area contributed by atoms with Crippen molar-refractivity contribution in [3.8, 4) is 11.4 Å². The molecule has 1 aliphatic rings. The fraction of sp³-hybridized carbons (Fsp3) is 0.438. The van der Waals surface area contributed by atoms with Gasteiger partial charge < -0.3 is 4.52 Å². The second-order valence-electron chi connectivity index (χ2n) is 5.44. The number of carbonyl (C=O) groups excluding carboxylic acids is 1. The van der Waals surface area contributed by atoms with Crippen LogP contribution in [-0.2, 0) is 11.2 Å². The summed E-state index contributed by atoms with van der Waals surface area (Å²) in [6, 6.07) is 7.95. The Morgan fingerprint density at radius 1 is 1.30 bits per heavy atom. The van der Waals surface area contributed by atoms with E-state index in [1.54, 1.807) is 0 Å². The molecule has 3 rings (SSSR count). The molecule has 0 saturated heterocycles. The highest BCUT2D eigenvalue weighted by atomic mass is 16.5. The van der Waals surface area contributed by atoms with Crippen molar-refractivity contribution in [2.45, 2.75) is 39.0 Å². The van der Waals surface area contributed by atoms with Crippen LogP contribution in [-0.4, -0.2) is 15.9 Å². The third-order valence-corrected chi connectivity index (χ3v) is 3.96. The van der Waals surface area contributed by atoms with Crippen LogP contribution in [0.1, 0.15) is 37.1 Å². The highest BCUT2D eigenvalue weighted by Crippen LogP contribution is 2.25. The quantitative estimate of drug-likeness (QED) is 0.858. The maximum absolute atomic E-state index is 11.8. The van der Waals surface area contributed by atoms with E-state index in [0.717, 1.165) is 30.4 Å². The van der Waals surface area contributed by atoms with E-state index in [4.69, 9.17) is 4.52 Å². The van der Waals surface area contributed by atoms with E-state index in [9.17, 15) is 4.79 Å². The van der Waals surface area contributed by atoms with E-state index in [1.165, 1.54) is 0 Å². The van der Waals surface area contributed by atoms with E-state index in [1.807, 2.05) is 31.2 Å². The van der Waals surface area contributed by atoms with Crippen LogP contribution in [0.3, 0.4) is 0 Å². The van der Waals surface area contributed by atoms with Crippen LogP contribution in [0, 0.1) is 12.8 Å². The van der Waals surface area contributed by atoms with E-state index < -0.39 is 0 Å². The highest BCUT2D eigenvalue weighted by molar-refractivity contribution is 5.81. The van der Waals surface area contributed by atoms with Crippen LogP contribution in [0.2, 0.25) is 0 Å². The number of aromatic nitrogens is 2. The summed E-state index contributed by atoms with van der Waals surface area (Å²) in [6.07, 6.45) is 4.37. The van der Waals surface area contributed by atoms with Crippen molar-refractivity contribution in [3.05, 3.63) is 35.7 Å². The van der Waals surface area contributed by atoms with E-state index in [-0.39, 0.29) is 5.92 Å². The molecule has 1 fully saturated rings. The first-order valence-electron chi connectivity index (χ1n) is 7.15. The molecule has 0 spiro atoms. The molecule has 4 nitrogen and oxygen atoms in total. The number of ketones is 1. The van der Waals surface area contributed by atoms with Crippen molar-refractivity contribution >= 4 is 5.78 Å². The number of aryl methyl sites for hydroxylation is 1. The Hall–Kier alpha value is -1.97. The van der Waals surface area contributed by atoms with Crippen molar-refractivity contribution in [2.75, 3.05) is 0 Å². The molecule has 2 aromatic rings. The molecule has 1 aromatic heterocycles. The molecule has 4 heteroatoms. The minimum Gasteiger partial charge on any atom is -0.339 e. The molecular weight excluding hydrogens is 252 g/mol. The molecule has 1 heterocycles. The van der Waals surface area contributed by atoms with Gasteiger partial charge in [0.2, 0.25) is 11.7 Å². The smallest absolute Gasteiger partial charge is 0.227 e. The maximum Gasteiger partial charge on any atom is 0.227 e. The molecule has 1 aliphatic carbocycles. The zero-order valence-electron chi connectivity index (χ0n) is 11.6. The van der Waals surface area contributed by atoms with Gasteiger partial charge in [0.25, 0.3) is 0 Å².